The quantitative estimate of drug-likeness (QED) is 0.702. The minimum Gasteiger partial charge on any atom is -0.342 e. The normalized spacial score (nSPS) is 17.9. The average Bonchev–Trinajstić information content (AvgIpc) is 3.28. The van der Waals surface area contributed by atoms with Gasteiger partial charge in [0.15, 0.2) is 9.84 Å². The number of rotatable bonds is 5. The Bertz CT molecular complexity index is 1060. The Labute approximate surface area is 182 Å². The average molecular weight is 447 g/mol. The van der Waals surface area contributed by atoms with E-state index >= 15 is 0 Å². The number of nitrogens with zero attached hydrogens (tertiary/aromatic N) is 4. The van der Waals surface area contributed by atoms with Crippen molar-refractivity contribution in [2.45, 2.75) is 42.9 Å². The van der Waals surface area contributed by atoms with Crippen LogP contribution in [0.1, 0.15) is 42.9 Å². The Balaban J connectivity index is 1.48. The summed E-state index contributed by atoms with van der Waals surface area (Å²) in [6, 6.07) is 6.08. The van der Waals surface area contributed by atoms with Gasteiger partial charge in [0.1, 0.15) is 10.7 Å². The number of anilines is 1. The maximum absolute atomic E-state index is 13.4. The molecule has 31 heavy (non-hydrogen) atoms. The third kappa shape index (κ3) is 5.03. The van der Waals surface area contributed by atoms with Gasteiger partial charge in [0, 0.05) is 38.4 Å². The zero-order valence-corrected chi connectivity index (χ0v) is 18.4. The Hall–Kier alpha value is -2.55. The molecule has 0 spiro atoms. The number of aromatic nitrogens is 2. The molecule has 2 saturated heterocycles. The number of carbonyl (C=O) groups is 1. The van der Waals surface area contributed by atoms with Gasteiger partial charge in [-0.15, -0.1) is 0 Å². The molecule has 2 aliphatic heterocycles. The van der Waals surface area contributed by atoms with Crippen molar-refractivity contribution in [3.8, 4) is 0 Å². The lowest BCUT2D eigenvalue weighted by Gasteiger charge is -2.32. The van der Waals surface area contributed by atoms with Crippen LogP contribution in [-0.2, 0) is 21.1 Å². The van der Waals surface area contributed by atoms with E-state index in [1.165, 1.54) is 24.6 Å². The molecule has 0 unspecified atom stereocenters. The van der Waals surface area contributed by atoms with Gasteiger partial charge in [-0.25, -0.2) is 22.8 Å². The minimum atomic E-state index is -3.46. The zero-order valence-electron chi connectivity index (χ0n) is 17.6. The summed E-state index contributed by atoms with van der Waals surface area (Å²) in [6.45, 7) is 2.80. The van der Waals surface area contributed by atoms with E-state index < -0.39 is 9.84 Å². The van der Waals surface area contributed by atoms with Crippen molar-refractivity contribution in [2.75, 3.05) is 37.3 Å². The first-order valence-electron chi connectivity index (χ1n) is 10.7. The molecule has 1 aromatic heterocycles. The van der Waals surface area contributed by atoms with Crippen LogP contribution in [0.3, 0.4) is 0 Å². The van der Waals surface area contributed by atoms with Crippen LogP contribution < -0.4 is 4.90 Å². The Morgan fingerprint density at radius 2 is 1.87 bits per heavy atom. The number of amides is 1. The van der Waals surface area contributed by atoms with Crippen LogP contribution in [-0.4, -0.2) is 61.6 Å². The summed E-state index contributed by atoms with van der Waals surface area (Å²) in [6.07, 6.45) is 6.21. The fourth-order valence-electron chi connectivity index (χ4n) is 4.36. The summed E-state index contributed by atoms with van der Waals surface area (Å²) in [5.74, 6) is 0.138. The van der Waals surface area contributed by atoms with Crippen molar-refractivity contribution < 1.29 is 17.6 Å². The molecule has 1 aromatic carbocycles. The fraction of sp³-hybridized carbons (Fsp3) is 0.500. The molecule has 2 fully saturated rings. The molecule has 0 bridgehead atoms. The molecule has 3 heterocycles. The number of benzene rings is 1. The SMILES string of the molecule is CS(=O)(=O)c1cnc(N2CCCC2)nc1C1CCN(C(=O)Cc2cccc(F)c2)CC1. The Morgan fingerprint density at radius 1 is 1.16 bits per heavy atom. The van der Waals surface area contributed by atoms with Gasteiger partial charge in [-0.1, -0.05) is 12.1 Å². The maximum atomic E-state index is 13.4. The second-order valence-corrected chi connectivity index (χ2v) is 10.3. The lowest BCUT2D eigenvalue weighted by Crippen LogP contribution is -2.39. The van der Waals surface area contributed by atoms with E-state index in [1.807, 2.05) is 0 Å². The summed E-state index contributed by atoms with van der Waals surface area (Å²) < 4.78 is 38.1. The van der Waals surface area contributed by atoms with E-state index in [1.54, 1.807) is 17.0 Å². The number of sulfone groups is 1. The van der Waals surface area contributed by atoms with Crippen LogP contribution in [0.2, 0.25) is 0 Å². The molecule has 0 radical (unpaired) electrons. The molecule has 9 heteroatoms. The van der Waals surface area contributed by atoms with Gasteiger partial charge in [-0.3, -0.25) is 4.79 Å². The standard InChI is InChI=1S/C22H27FN4O3S/c1-31(29,30)19-15-24-22(27-9-2-3-10-27)25-21(19)17-7-11-26(12-8-17)20(28)14-16-5-4-6-18(23)13-16/h4-6,13,15,17H,2-3,7-12,14H2,1H3. The molecule has 1 amide bonds. The number of carbonyl (C=O) groups excluding carboxylic acids is 1. The molecule has 0 atom stereocenters. The van der Waals surface area contributed by atoms with Gasteiger partial charge in [0.2, 0.25) is 11.9 Å². The first-order valence-corrected chi connectivity index (χ1v) is 12.5. The van der Waals surface area contributed by atoms with Crippen molar-refractivity contribution in [1.82, 2.24) is 14.9 Å². The van der Waals surface area contributed by atoms with Crippen molar-refractivity contribution >= 4 is 21.7 Å². The third-order valence-corrected chi connectivity index (χ3v) is 7.15. The smallest absolute Gasteiger partial charge is 0.226 e. The van der Waals surface area contributed by atoms with Gasteiger partial charge in [-0.2, -0.15) is 0 Å². The second kappa shape index (κ2) is 8.90. The topological polar surface area (TPSA) is 83.5 Å². The van der Waals surface area contributed by atoms with Gasteiger partial charge in [0.05, 0.1) is 18.3 Å². The number of likely N-dealkylation sites (tertiary alicyclic amines) is 1. The summed E-state index contributed by atoms with van der Waals surface area (Å²) in [7, 11) is -3.46. The predicted molar refractivity (Wildman–Crippen MR) is 115 cm³/mol. The van der Waals surface area contributed by atoms with Crippen molar-refractivity contribution in [3.05, 3.63) is 47.5 Å². The largest absolute Gasteiger partial charge is 0.342 e. The molecule has 2 aliphatic rings. The number of hydrogen-bond acceptors (Lipinski definition) is 6. The van der Waals surface area contributed by atoms with Gasteiger partial charge >= 0.3 is 0 Å². The molecule has 4 rings (SSSR count). The van der Waals surface area contributed by atoms with E-state index in [4.69, 9.17) is 0 Å². The van der Waals surface area contributed by atoms with Crippen LogP contribution in [0, 0.1) is 5.82 Å². The first kappa shape index (κ1) is 21.7. The fourth-order valence-corrected chi connectivity index (χ4v) is 5.19. The first-order chi connectivity index (χ1) is 14.8. The molecule has 7 nitrogen and oxygen atoms in total. The third-order valence-electron chi connectivity index (χ3n) is 6.04. The summed E-state index contributed by atoms with van der Waals surface area (Å²) in [5.41, 5.74) is 1.22. The molecular weight excluding hydrogens is 419 g/mol. The lowest BCUT2D eigenvalue weighted by atomic mass is 9.93. The summed E-state index contributed by atoms with van der Waals surface area (Å²) in [5, 5.41) is 0. The maximum Gasteiger partial charge on any atom is 0.226 e. The molecule has 166 valence electrons. The second-order valence-electron chi connectivity index (χ2n) is 8.35. The lowest BCUT2D eigenvalue weighted by molar-refractivity contribution is -0.131. The molecule has 0 N–H and O–H groups in total. The highest BCUT2D eigenvalue weighted by Crippen LogP contribution is 2.32. The highest BCUT2D eigenvalue weighted by atomic mass is 32.2. The van der Waals surface area contributed by atoms with Gasteiger partial charge in [-0.05, 0) is 43.4 Å². The number of hydrogen-bond donors (Lipinski definition) is 0. The van der Waals surface area contributed by atoms with Crippen molar-refractivity contribution in [1.29, 1.82) is 0 Å². The van der Waals surface area contributed by atoms with Crippen LogP contribution in [0.15, 0.2) is 35.4 Å². The molecular formula is C22H27FN4O3S. The summed E-state index contributed by atoms with van der Waals surface area (Å²) in [4.78, 5) is 25.7. The monoisotopic (exact) mass is 446 g/mol. The highest BCUT2D eigenvalue weighted by molar-refractivity contribution is 7.90. The van der Waals surface area contributed by atoms with E-state index in [0.717, 1.165) is 25.9 Å². The number of halogens is 1. The van der Waals surface area contributed by atoms with Crippen LogP contribution >= 0.6 is 0 Å². The number of piperidine rings is 1. The van der Waals surface area contributed by atoms with Crippen LogP contribution in [0.25, 0.3) is 0 Å². The van der Waals surface area contributed by atoms with Gasteiger partial charge in [0.25, 0.3) is 0 Å². The van der Waals surface area contributed by atoms with E-state index in [-0.39, 0.29) is 29.0 Å². The van der Waals surface area contributed by atoms with Crippen molar-refractivity contribution in [3.63, 3.8) is 0 Å². The van der Waals surface area contributed by atoms with Crippen molar-refractivity contribution in [2.24, 2.45) is 0 Å². The zero-order chi connectivity index (χ0) is 22.0. The molecule has 0 aliphatic carbocycles. The highest BCUT2D eigenvalue weighted by Gasteiger charge is 2.30. The Morgan fingerprint density at radius 3 is 2.52 bits per heavy atom. The van der Waals surface area contributed by atoms with Gasteiger partial charge < -0.3 is 9.80 Å². The van der Waals surface area contributed by atoms with Crippen LogP contribution in [0.5, 0.6) is 0 Å². The molecule has 0 saturated carbocycles. The van der Waals surface area contributed by atoms with E-state index in [9.17, 15) is 17.6 Å². The minimum absolute atomic E-state index is 0.0483. The van der Waals surface area contributed by atoms with E-state index in [2.05, 4.69) is 14.9 Å². The predicted octanol–water partition coefficient (Wildman–Crippen LogP) is 2.57. The summed E-state index contributed by atoms with van der Waals surface area (Å²) >= 11 is 0. The van der Waals surface area contributed by atoms with Crippen LogP contribution in [0.4, 0.5) is 10.3 Å². The Kier molecular flexibility index (Phi) is 6.22. The molecule has 2 aromatic rings. The van der Waals surface area contributed by atoms with E-state index in [0.29, 0.717) is 43.1 Å².